The van der Waals surface area contributed by atoms with E-state index in [1.165, 1.54) is 27.0 Å². The number of epoxide rings is 2. The van der Waals surface area contributed by atoms with Crippen LogP contribution in [0.5, 0.6) is 0 Å². The van der Waals surface area contributed by atoms with E-state index in [0.29, 0.717) is 25.0 Å². The van der Waals surface area contributed by atoms with Crippen LogP contribution in [0.2, 0.25) is 0 Å². The number of carbonyl (C=O) groups is 3. The van der Waals surface area contributed by atoms with Crippen LogP contribution in [0.3, 0.4) is 0 Å². The number of halogens is 1. The highest BCUT2D eigenvalue weighted by atomic mass is 35.5. The first-order chi connectivity index (χ1) is 17.4. The molecule has 0 aromatic heterocycles. The van der Waals surface area contributed by atoms with Crippen molar-refractivity contribution in [3.05, 3.63) is 23.5 Å². The predicted molar refractivity (Wildman–Crippen MR) is 129 cm³/mol. The van der Waals surface area contributed by atoms with Gasteiger partial charge in [0.05, 0.1) is 36.4 Å². The first-order valence-corrected chi connectivity index (χ1v) is 13.0. The van der Waals surface area contributed by atoms with Crippen molar-refractivity contribution in [3.8, 4) is 0 Å². The predicted octanol–water partition coefficient (Wildman–Crippen LogP) is 2.54. The molecule has 9 atom stereocenters. The highest BCUT2D eigenvalue weighted by Crippen LogP contribution is 2.55. The van der Waals surface area contributed by atoms with Gasteiger partial charge in [0.15, 0.2) is 12.2 Å². The molecule has 3 heterocycles. The van der Waals surface area contributed by atoms with Crippen LogP contribution in [-0.4, -0.2) is 77.4 Å². The van der Waals surface area contributed by atoms with Gasteiger partial charge >= 0.3 is 17.9 Å². The van der Waals surface area contributed by atoms with Gasteiger partial charge in [-0.3, -0.25) is 14.4 Å². The molecule has 1 saturated carbocycles. The lowest BCUT2D eigenvalue weighted by Gasteiger charge is -2.46. The van der Waals surface area contributed by atoms with E-state index in [9.17, 15) is 19.5 Å². The molecule has 4 rings (SSSR count). The Balaban J connectivity index is 1.81. The first kappa shape index (κ1) is 27.9. The van der Waals surface area contributed by atoms with Gasteiger partial charge in [-0.15, -0.1) is 11.6 Å². The van der Waals surface area contributed by atoms with Gasteiger partial charge < -0.3 is 33.5 Å². The molecule has 3 fully saturated rings. The number of aliphatic hydroxyl groups is 1. The Morgan fingerprint density at radius 2 is 1.84 bits per heavy atom. The molecule has 2 saturated heterocycles. The molecule has 1 N–H and O–H groups in total. The summed E-state index contributed by atoms with van der Waals surface area (Å²) in [5.41, 5.74) is -0.688. The molecule has 0 bridgehead atoms. The number of rotatable bonds is 7. The van der Waals surface area contributed by atoms with Crippen LogP contribution >= 0.6 is 11.6 Å². The van der Waals surface area contributed by atoms with Crippen molar-refractivity contribution in [2.75, 3.05) is 12.5 Å². The van der Waals surface area contributed by atoms with E-state index in [2.05, 4.69) is 0 Å². The fourth-order valence-electron chi connectivity index (χ4n) is 5.77. The summed E-state index contributed by atoms with van der Waals surface area (Å²) < 4.78 is 34.4. The van der Waals surface area contributed by atoms with E-state index in [-0.39, 0.29) is 24.5 Å². The van der Waals surface area contributed by atoms with Crippen molar-refractivity contribution in [2.24, 2.45) is 11.8 Å². The summed E-state index contributed by atoms with van der Waals surface area (Å²) in [5.74, 6) is -3.25. The number of alkyl halides is 1. The molecule has 0 radical (unpaired) electrons. The number of esters is 3. The second-order valence-corrected chi connectivity index (χ2v) is 10.9. The number of hydrogen-bond donors (Lipinski definition) is 1. The summed E-state index contributed by atoms with van der Waals surface area (Å²) in [7, 11) is 0. The molecule has 11 heteroatoms. The van der Waals surface area contributed by atoms with Crippen molar-refractivity contribution < 1.29 is 47.9 Å². The third-order valence-electron chi connectivity index (χ3n) is 7.40. The van der Waals surface area contributed by atoms with Crippen molar-refractivity contribution in [3.63, 3.8) is 0 Å². The number of hydrogen-bond acceptors (Lipinski definition) is 10. The minimum absolute atomic E-state index is 0.161. The van der Waals surface area contributed by atoms with Crippen molar-refractivity contribution >= 4 is 29.5 Å². The molecule has 206 valence electrons. The third kappa shape index (κ3) is 5.97. The smallest absolute Gasteiger partial charge is 0.305 e. The van der Waals surface area contributed by atoms with E-state index in [4.69, 9.17) is 40.0 Å². The van der Waals surface area contributed by atoms with Crippen LogP contribution in [0.1, 0.15) is 53.9 Å². The Labute approximate surface area is 221 Å². The van der Waals surface area contributed by atoms with Crippen LogP contribution in [0.15, 0.2) is 23.5 Å². The van der Waals surface area contributed by atoms with Gasteiger partial charge in [-0.2, -0.15) is 0 Å². The summed E-state index contributed by atoms with van der Waals surface area (Å²) in [6.45, 7) is 7.99. The Hall–Kier alpha value is -2.14. The molecular formula is C26H35ClO10. The maximum Gasteiger partial charge on any atom is 0.305 e. The first-order valence-electron chi connectivity index (χ1n) is 12.5. The van der Waals surface area contributed by atoms with E-state index in [1.54, 1.807) is 6.08 Å². The Kier molecular flexibility index (Phi) is 7.95. The van der Waals surface area contributed by atoms with Crippen LogP contribution in [-0.2, 0) is 42.8 Å². The molecule has 1 aliphatic carbocycles. The fraction of sp³-hybridized carbons (Fsp3) is 0.731. The Morgan fingerprint density at radius 1 is 1.16 bits per heavy atom. The molecule has 0 amide bonds. The Morgan fingerprint density at radius 3 is 2.38 bits per heavy atom. The van der Waals surface area contributed by atoms with E-state index < -0.39 is 59.4 Å². The minimum Gasteiger partial charge on any atom is -0.462 e. The molecule has 10 nitrogen and oxygen atoms in total. The van der Waals surface area contributed by atoms with Gasteiger partial charge in [0.2, 0.25) is 6.29 Å². The van der Waals surface area contributed by atoms with Gasteiger partial charge in [0, 0.05) is 32.8 Å². The second-order valence-electron chi connectivity index (χ2n) is 10.6. The van der Waals surface area contributed by atoms with Gasteiger partial charge in [-0.1, -0.05) is 5.57 Å². The van der Waals surface area contributed by atoms with Gasteiger partial charge in [0.1, 0.15) is 11.7 Å². The zero-order valence-electron chi connectivity index (χ0n) is 21.7. The molecule has 0 aromatic rings. The average Bonchev–Trinajstić information content (AvgIpc) is 3.70. The summed E-state index contributed by atoms with van der Waals surface area (Å²) >= 11 is 6.39. The average molecular weight is 543 g/mol. The maximum atomic E-state index is 12.2. The molecule has 0 aromatic carbocycles. The van der Waals surface area contributed by atoms with Crippen LogP contribution in [0.25, 0.3) is 0 Å². The van der Waals surface area contributed by atoms with Gasteiger partial charge in [-0.25, -0.2) is 0 Å². The Bertz CT molecular complexity index is 984. The SMILES string of the molecule is CC(=O)O[C@H]1OC=C([C@@H](OC(C)=O)[C@H](C=C(C)C)OC(C)=O)[C@H]2CC[C@@]3(CO3)[C@H]3O[C@@H]3C[C@@](O)(CCl)[C@H]12. The van der Waals surface area contributed by atoms with Crippen molar-refractivity contribution in [2.45, 2.75) is 95.8 Å². The highest BCUT2D eigenvalue weighted by Gasteiger charge is 2.67. The topological polar surface area (TPSA) is 133 Å². The fourth-order valence-corrected chi connectivity index (χ4v) is 6.06. The summed E-state index contributed by atoms with van der Waals surface area (Å²) in [4.78, 5) is 36.2. The van der Waals surface area contributed by atoms with E-state index in [1.807, 2.05) is 13.8 Å². The lowest BCUT2D eigenvalue weighted by atomic mass is 9.69. The molecular weight excluding hydrogens is 508 g/mol. The summed E-state index contributed by atoms with van der Waals surface area (Å²) in [5, 5.41) is 11.9. The van der Waals surface area contributed by atoms with E-state index in [0.717, 1.165) is 5.57 Å². The van der Waals surface area contributed by atoms with Gasteiger partial charge in [0.25, 0.3) is 0 Å². The minimum atomic E-state index is -1.56. The van der Waals surface area contributed by atoms with Crippen molar-refractivity contribution in [1.29, 1.82) is 0 Å². The monoisotopic (exact) mass is 542 g/mol. The standard InChI is InChI=1S/C26H35ClO10/c1-13(2)8-19(34-14(3)28)22(35-15(4)29)18-10-32-24(36-16(5)30)21-17(18)6-7-26(12-33-26)23-20(37-23)9-25(21,31)11-27/h8,10,17,19-24,31H,6-7,9,11-12H2,1-5H3/t17-,19+,20-,21+,22-,23+,24-,25-,26-/m1/s1. The summed E-state index contributed by atoms with van der Waals surface area (Å²) in [6, 6.07) is 0. The second kappa shape index (κ2) is 10.6. The third-order valence-corrected chi connectivity index (χ3v) is 7.86. The van der Waals surface area contributed by atoms with Crippen molar-refractivity contribution in [1.82, 2.24) is 0 Å². The maximum absolute atomic E-state index is 12.2. The zero-order chi connectivity index (χ0) is 27.1. The van der Waals surface area contributed by atoms with Crippen LogP contribution in [0.4, 0.5) is 0 Å². The van der Waals surface area contributed by atoms with Crippen LogP contribution < -0.4 is 0 Å². The van der Waals surface area contributed by atoms with Crippen LogP contribution in [0, 0.1) is 11.8 Å². The lowest BCUT2D eigenvalue weighted by molar-refractivity contribution is -0.213. The number of carbonyl (C=O) groups excluding carboxylic acids is 3. The normalized spacial score (nSPS) is 37.5. The summed E-state index contributed by atoms with van der Waals surface area (Å²) in [6.07, 6.45) is 0.747. The zero-order valence-corrected chi connectivity index (χ0v) is 22.5. The van der Waals surface area contributed by atoms with E-state index >= 15 is 0 Å². The highest BCUT2D eigenvalue weighted by molar-refractivity contribution is 6.18. The lowest BCUT2D eigenvalue weighted by Crippen LogP contribution is -2.55. The molecule has 37 heavy (non-hydrogen) atoms. The molecule has 4 aliphatic rings. The quantitative estimate of drug-likeness (QED) is 0.168. The number of fused-ring (bicyclic) bond motifs is 3. The number of allylic oxidation sites excluding steroid dienone is 1. The molecule has 3 aliphatic heterocycles. The largest absolute Gasteiger partial charge is 0.462 e. The molecule has 1 spiro atoms. The molecule has 0 unspecified atom stereocenters. The van der Waals surface area contributed by atoms with Gasteiger partial charge in [-0.05, 0) is 38.7 Å². The number of ether oxygens (including phenoxy) is 6.